The molecule has 2 amide bonds. The number of likely N-dealkylation sites (N-methyl/N-ethyl adjacent to an activating group) is 1. The molecule has 0 bridgehead atoms. The highest BCUT2D eigenvalue weighted by Crippen LogP contribution is 2.23. The SMILES string of the molecule is Cc1ncsc1C(C)NC1CC(=O)N(C)C1=O. The first-order chi connectivity index (χ1) is 8.00. The van der Waals surface area contributed by atoms with E-state index in [1.165, 1.54) is 11.9 Å². The van der Waals surface area contributed by atoms with Crippen molar-refractivity contribution in [3.05, 3.63) is 16.1 Å². The molecule has 1 N–H and O–H groups in total. The van der Waals surface area contributed by atoms with Crippen molar-refractivity contribution in [3.63, 3.8) is 0 Å². The average molecular weight is 253 g/mol. The molecule has 0 radical (unpaired) electrons. The molecule has 1 aromatic rings. The van der Waals surface area contributed by atoms with Gasteiger partial charge in [-0.25, -0.2) is 4.98 Å². The molecule has 17 heavy (non-hydrogen) atoms. The van der Waals surface area contributed by atoms with Crippen molar-refractivity contribution in [3.8, 4) is 0 Å². The van der Waals surface area contributed by atoms with Crippen molar-refractivity contribution in [2.24, 2.45) is 0 Å². The minimum absolute atomic E-state index is 0.0377. The van der Waals surface area contributed by atoms with Crippen LogP contribution < -0.4 is 5.32 Å². The third-order valence-corrected chi connectivity index (χ3v) is 4.12. The summed E-state index contributed by atoms with van der Waals surface area (Å²) in [5.41, 5.74) is 2.76. The van der Waals surface area contributed by atoms with E-state index < -0.39 is 6.04 Å². The van der Waals surface area contributed by atoms with E-state index in [0.717, 1.165) is 10.6 Å². The number of aryl methyl sites for hydroxylation is 1. The van der Waals surface area contributed by atoms with Gasteiger partial charge >= 0.3 is 0 Å². The number of hydrogen-bond acceptors (Lipinski definition) is 5. The fraction of sp³-hybridized carbons (Fsp3) is 0.545. The predicted octanol–water partition coefficient (Wildman–Crippen LogP) is 0.859. The van der Waals surface area contributed by atoms with E-state index in [4.69, 9.17) is 0 Å². The van der Waals surface area contributed by atoms with Crippen LogP contribution in [0.25, 0.3) is 0 Å². The maximum atomic E-state index is 11.7. The van der Waals surface area contributed by atoms with Crippen LogP contribution in [0.15, 0.2) is 5.51 Å². The number of nitrogens with one attached hydrogen (secondary N) is 1. The van der Waals surface area contributed by atoms with Gasteiger partial charge in [0.25, 0.3) is 0 Å². The Morgan fingerprint density at radius 1 is 1.59 bits per heavy atom. The Morgan fingerprint density at radius 3 is 2.76 bits per heavy atom. The lowest BCUT2D eigenvalue weighted by Crippen LogP contribution is -2.38. The Labute approximate surface area is 104 Å². The molecule has 2 rings (SSSR count). The molecule has 0 spiro atoms. The van der Waals surface area contributed by atoms with Crippen LogP contribution in [0.4, 0.5) is 0 Å². The molecule has 2 atom stereocenters. The Hall–Kier alpha value is -1.27. The van der Waals surface area contributed by atoms with Gasteiger partial charge in [-0.05, 0) is 13.8 Å². The third kappa shape index (κ3) is 2.23. The predicted molar refractivity (Wildman–Crippen MR) is 64.6 cm³/mol. The number of hydrogen-bond donors (Lipinski definition) is 1. The molecule has 1 aliphatic heterocycles. The fourth-order valence-corrected chi connectivity index (χ4v) is 2.81. The zero-order valence-electron chi connectivity index (χ0n) is 10.1. The van der Waals surface area contributed by atoms with Crippen molar-refractivity contribution in [2.75, 3.05) is 7.05 Å². The Kier molecular flexibility index (Phi) is 3.26. The van der Waals surface area contributed by atoms with Gasteiger partial charge in [-0.15, -0.1) is 11.3 Å². The fourth-order valence-electron chi connectivity index (χ4n) is 1.99. The molecule has 92 valence electrons. The molecule has 0 saturated carbocycles. The van der Waals surface area contributed by atoms with E-state index >= 15 is 0 Å². The topological polar surface area (TPSA) is 62.3 Å². The van der Waals surface area contributed by atoms with Gasteiger partial charge in [-0.1, -0.05) is 0 Å². The molecule has 0 aromatic carbocycles. The molecular formula is C11H15N3O2S. The van der Waals surface area contributed by atoms with Gasteiger partial charge in [0, 0.05) is 18.0 Å². The number of carbonyl (C=O) groups is 2. The highest BCUT2D eigenvalue weighted by atomic mass is 32.1. The summed E-state index contributed by atoms with van der Waals surface area (Å²) in [6.45, 7) is 3.92. The molecule has 1 saturated heterocycles. The number of rotatable bonds is 3. The van der Waals surface area contributed by atoms with Crippen LogP contribution in [0.3, 0.4) is 0 Å². The van der Waals surface area contributed by atoms with Crippen LogP contribution in [0.5, 0.6) is 0 Å². The largest absolute Gasteiger partial charge is 0.298 e. The van der Waals surface area contributed by atoms with Crippen molar-refractivity contribution < 1.29 is 9.59 Å². The number of likely N-dealkylation sites (tertiary alicyclic amines) is 1. The van der Waals surface area contributed by atoms with Crippen molar-refractivity contribution in [1.82, 2.24) is 15.2 Å². The number of imide groups is 1. The van der Waals surface area contributed by atoms with Crippen LogP contribution in [-0.2, 0) is 9.59 Å². The molecule has 0 aliphatic carbocycles. The molecular weight excluding hydrogens is 238 g/mol. The lowest BCUT2D eigenvalue weighted by Gasteiger charge is -2.17. The molecule has 1 aliphatic rings. The van der Waals surface area contributed by atoms with Crippen LogP contribution in [0, 0.1) is 6.92 Å². The zero-order valence-corrected chi connectivity index (χ0v) is 10.9. The van der Waals surface area contributed by atoms with Crippen LogP contribution in [0.1, 0.15) is 30.0 Å². The molecule has 5 nitrogen and oxygen atoms in total. The van der Waals surface area contributed by atoms with Gasteiger partial charge in [0.1, 0.15) is 0 Å². The van der Waals surface area contributed by atoms with Crippen LogP contribution in [-0.4, -0.2) is 34.8 Å². The Balaban J connectivity index is 2.05. The molecule has 6 heteroatoms. The summed E-state index contributed by atoms with van der Waals surface area (Å²) in [4.78, 5) is 29.6. The van der Waals surface area contributed by atoms with E-state index in [1.54, 1.807) is 16.8 Å². The van der Waals surface area contributed by atoms with Gasteiger partial charge in [-0.3, -0.25) is 19.8 Å². The number of thiazole rings is 1. The van der Waals surface area contributed by atoms with E-state index in [1.807, 2.05) is 13.8 Å². The van der Waals surface area contributed by atoms with E-state index in [-0.39, 0.29) is 24.3 Å². The maximum Gasteiger partial charge on any atom is 0.246 e. The second-order valence-electron chi connectivity index (χ2n) is 4.24. The molecule has 2 heterocycles. The average Bonchev–Trinajstić information content (AvgIpc) is 2.80. The van der Waals surface area contributed by atoms with Crippen LogP contribution >= 0.6 is 11.3 Å². The zero-order chi connectivity index (χ0) is 12.6. The monoisotopic (exact) mass is 253 g/mol. The lowest BCUT2D eigenvalue weighted by atomic mass is 10.2. The Bertz CT molecular complexity index is 457. The smallest absolute Gasteiger partial charge is 0.246 e. The summed E-state index contributed by atoms with van der Waals surface area (Å²) in [7, 11) is 1.52. The van der Waals surface area contributed by atoms with Crippen LogP contribution in [0.2, 0.25) is 0 Å². The second kappa shape index (κ2) is 4.54. The van der Waals surface area contributed by atoms with Gasteiger partial charge < -0.3 is 0 Å². The standard InChI is InChI=1S/C11H15N3O2S/c1-6-10(17-5-12-6)7(2)13-8-4-9(15)14(3)11(8)16/h5,7-8,13H,4H2,1-3H3. The summed E-state index contributed by atoms with van der Waals surface area (Å²) in [5.74, 6) is -0.273. The van der Waals surface area contributed by atoms with Crippen molar-refractivity contribution in [1.29, 1.82) is 0 Å². The van der Waals surface area contributed by atoms with Gasteiger partial charge in [0.15, 0.2) is 0 Å². The third-order valence-electron chi connectivity index (χ3n) is 3.01. The first kappa shape index (κ1) is 12.2. The maximum absolute atomic E-state index is 11.7. The normalized spacial score (nSPS) is 22.3. The lowest BCUT2D eigenvalue weighted by molar-refractivity contribution is -0.137. The summed E-state index contributed by atoms with van der Waals surface area (Å²) in [5, 5.41) is 3.19. The first-order valence-corrected chi connectivity index (χ1v) is 6.35. The molecule has 2 unspecified atom stereocenters. The van der Waals surface area contributed by atoms with Gasteiger partial charge in [-0.2, -0.15) is 0 Å². The van der Waals surface area contributed by atoms with Crippen molar-refractivity contribution >= 4 is 23.2 Å². The minimum Gasteiger partial charge on any atom is -0.298 e. The quantitative estimate of drug-likeness (QED) is 0.812. The van der Waals surface area contributed by atoms with E-state index in [9.17, 15) is 9.59 Å². The van der Waals surface area contributed by atoms with E-state index in [2.05, 4.69) is 10.3 Å². The summed E-state index contributed by atoms with van der Waals surface area (Å²) >= 11 is 1.56. The summed E-state index contributed by atoms with van der Waals surface area (Å²) in [6, 6.07) is -0.361. The number of carbonyl (C=O) groups excluding carboxylic acids is 2. The number of aromatic nitrogens is 1. The van der Waals surface area contributed by atoms with Gasteiger partial charge in [0.05, 0.1) is 23.7 Å². The highest BCUT2D eigenvalue weighted by Gasteiger charge is 2.36. The summed E-state index contributed by atoms with van der Waals surface area (Å²) in [6.07, 6.45) is 0.248. The Morgan fingerprint density at radius 2 is 2.29 bits per heavy atom. The van der Waals surface area contributed by atoms with Gasteiger partial charge in [0.2, 0.25) is 11.8 Å². The molecule has 1 aromatic heterocycles. The highest BCUT2D eigenvalue weighted by molar-refractivity contribution is 7.09. The van der Waals surface area contributed by atoms with E-state index in [0.29, 0.717) is 0 Å². The van der Waals surface area contributed by atoms with Crippen molar-refractivity contribution in [2.45, 2.75) is 32.4 Å². The number of nitrogens with zero attached hydrogens (tertiary/aromatic N) is 2. The second-order valence-corrected chi connectivity index (χ2v) is 5.12. The summed E-state index contributed by atoms with van der Waals surface area (Å²) < 4.78 is 0. The minimum atomic E-state index is -0.399. The number of amides is 2. The first-order valence-electron chi connectivity index (χ1n) is 5.47. The molecule has 1 fully saturated rings.